The number of nitrogens with zero attached hydrogens (tertiary/aromatic N) is 4. The molecule has 4 rings (SSSR count). The molecule has 1 aliphatic rings. The number of hydrogen-bond donors (Lipinski definition) is 1. The summed E-state index contributed by atoms with van der Waals surface area (Å²) >= 11 is 5.91. The number of rotatable bonds is 9. The summed E-state index contributed by atoms with van der Waals surface area (Å²) in [6, 6.07) is 7.60. The molecule has 3 aromatic rings. The van der Waals surface area contributed by atoms with E-state index in [4.69, 9.17) is 16.3 Å². The van der Waals surface area contributed by atoms with E-state index in [2.05, 4.69) is 19.7 Å². The van der Waals surface area contributed by atoms with Crippen LogP contribution in [0.5, 0.6) is 0 Å². The Morgan fingerprint density at radius 2 is 2.00 bits per heavy atom. The van der Waals surface area contributed by atoms with Crippen molar-refractivity contribution in [2.24, 2.45) is 0 Å². The zero-order valence-electron chi connectivity index (χ0n) is 20.1. The number of ether oxygens (including phenoxy) is 1. The van der Waals surface area contributed by atoms with Crippen LogP contribution in [0.1, 0.15) is 50.3 Å². The van der Waals surface area contributed by atoms with Gasteiger partial charge in [0.2, 0.25) is 10.0 Å². The van der Waals surface area contributed by atoms with E-state index in [0.717, 1.165) is 23.5 Å². The summed E-state index contributed by atoms with van der Waals surface area (Å²) < 4.78 is 35.8. The summed E-state index contributed by atoms with van der Waals surface area (Å²) in [5.74, 6) is -0.00996. The third-order valence-electron chi connectivity index (χ3n) is 6.17. The lowest BCUT2D eigenvalue weighted by atomic mass is 9.93. The van der Waals surface area contributed by atoms with Crippen LogP contribution < -0.4 is 9.62 Å². The van der Waals surface area contributed by atoms with Crippen molar-refractivity contribution in [2.45, 2.75) is 56.9 Å². The number of carbonyl (C=O) groups excluding carboxylic acids is 1. The predicted octanol–water partition coefficient (Wildman–Crippen LogP) is 3.70. The standard InChI is InChI=1S/C24H30ClN5O4S/c1-4-6-20(24(31)34-5-2)22-16(3)27-21-11-13-26-30(21)23(22)29-14-12-18(15-29)28-35(32,33)19-9-7-17(25)8-10-19/h7-11,13,18,20,28H,4-6,12,14-15H2,1-3H3/t18-,20?/m1/s1. The van der Waals surface area contributed by atoms with Crippen LogP contribution in [-0.2, 0) is 19.6 Å². The number of sulfonamides is 1. The van der Waals surface area contributed by atoms with E-state index in [1.165, 1.54) is 12.1 Å². The van der Waals surface area contributed by atoms with Crippen LogP contribution in [0.15, 0.2) is 41.4 Å². The number of aryl methyl sites for hydroxylation is 1. The third kappa shape index (κ3) is 5.29. The molecule has 11 heteroatoms. The van der Waals surface area contributed by atoms with E-state index in [-0.39, 0.29) is 16.9 Å². The topological polar surface area (TPSA) is 106 Å². The second-order valence-corrected chi connectivity index (χ2v) is 10.8. The number of fused-ring (bicyclic) bond motifs is 1. The average molecular weight is 520 g/mol. The van der Waals surface area contributed by atoms with Crippen LogP contribution in [0, 0.1) is 6.92 Å². The van der Waals surface area contributed by atoms with Gasteiger partial charge in [0.15, 0.2) is 5.65 Å². The van der Waals surface area contributed by atoms with Gasteiger partial charge in [0.25, 0.3) is 0 Å². The summed E-state index contributed by atoms with van der Waals surface area (Å²) in [5, 5.41) is 4.95. The fourth-order valence-electron chi connectivity index (χ4n) is 4.63. The summed E-state index contributed by atoms with van der Waals surface area (Å²) in [7, 11) is -3.71. The molecular weight excluding hydrogens is 490 g/mol. The molecule has 0 aliphatic carbocycles. The van der Waals surface area contributed by atoms with Crippen LogP contribution in [0.2, 0.25) is 5.02 Å². The maximum atomic E-state index is 13.0. The molecule has 188 valence electrons. The van der Waals surface area contributed by atoms with Crippen molar-refractivity contribution in [3.05, 3.63) is 52.8 Å². The van der Waals surface area contributed by atoms with Gasteiger partial charge in [0.05, 0.1) is 23.6 Å². The smallest absolute Gasteiger partial charge is 0.313 e. The van der Waals surface area contributed by atoms with Crippen molar-refractivity contribution >= 4 is 39.1 Å². The molecule has 1 saturated heterocycles. The van der Waals surface area contributed by atoms with Gasteiger partial charge >= 0.3 is 5.97 Å². The Balaban J connectivity index is 1.68. The molecule has 0 bridgehead atoms. The first-order chi connectivity index (χ1) is 16.7. The van der Waals surface area contributed by atoms with E-state index in [1.54, 1.807) is 29.8 Å². The molecule has 2 aromatic heterocycles. The monoisotopic (exact) mass is 519 g/mol. The zero-order chi connectivity index (χ0) is 25.2. The van der Waals surface area contributed by atoms with Gasteiger partial charge < -0.3 is 9.64 Å². The number of halogens is 1. The minimum Gasteiger partial charge on any atom is -0.466 e. The van der Waals surface area contributed by atoms with E-state index in [1.807, 2.05) is 19.9 Å². The largest absolute Gasteiger partial charge is 0.466 e. The predicted molar refractivity (Wildman–Crippen MR) is 134 cm³/mol. The van der Waals surface area contributed by atoms with E-state index in [9.17, 15) is 13.2 Å². The average Bonchev–Trinajstić information content (AvgIpc) is 3.46. The molecule has 1 N–H and O–H groups in total. The van der Waals surface area contributed by atoms with Gasteiger partial charge in [-0.25, -0.2) is 18.1 Å². The zero-order valence-corrected chi connectivity index (χ0v) is 21.6. The fourth-order valence-corrected chi connectivity index (χ4v) is 6.01. The number of benzene rings is 1. The van der Waals surface area contributed by atoms with Crippen molar-refractivity contribution in [1.29, 1.82) is 0 Å². The number of anilines is 1. The van der Waals surface area contributed by atoms with E-state index in [0.29, 0.717) is 43.2 Å². The molecular formula is C24H30ClN5O4S. The molecule has 1 aliphatic heterocycles. The fraction of sp³-hybridized carbons (Fsp3) is 0.458. The molecule has 0 spiro atoms. The van der Waals surface area contributed by atoms with Crippen molar-refractivity contribution in [2.75, 3.05) is 24.6 Å². The highest BCUT2D eigenvalue weighted by Crippen LogP contribution is 2.36. The van der Waals surface area contributed by atoms with Gasteiger partial charge in [-0.1, -0.05) is 24.9 Å². The Labute approximate surface area is 210 Å². The van der Waals surface area contributed by atoms with Gasteiger partial charge in [-0.3, -0.25) is 4.79 Å². The highest BCUT2D eigenvalue weighted by Gasteiger charge is 2.35. The second kappa shape index (κ2) is 10.5. The highest BCUT2D eigenvalue weighted by atomic mass is 35.5. The van der Waals surface area contributed by atoms with E-state index >= 15 is 0 Å². The summed E-state index contributed by atoms with van der Waals surface area (Å²) in [6.45, 7) is 7.04. The SMILES string of the molecule is CCCC(C(=O)OCC)c1c(C)nc2ccnn2c1N1CC[C@@H](NS(=O)(=O)c2ccc(Cl)cc2)C1. The van der Waals surface area contributed by atoms with Gasteiger partial charge in [0, 0.05) is 41.5 Å². The number of aromatic nitrogens is 3. The lowest BCUT2D eigenvalue weighted by Gasteiger charge is -2.27. The molecule has 1 fully saturated rings. The van der Waals surface area contributed by atoms with Gasteiger partial charge in [-0.15, -0.1) is 0 Å². The summed E-state index contributed by atoms with van der Waals surface area (Å²) in [5.41, 5.74) is 2.19. The molecule has 2 atom stereocenters. The Morgan fingerprint density at radius 1 is 1.26 bits per heavy atom. The minimum absolute atomic E-state index is 0.167. The molecule has 3 heterocycles. The summed E-state index contributed by atoms with van der Waals surface area (Å²) in [4.78, 5) is 19.9. The Morgan fingerprint density at radius 3 is 2.69 bits per heavy atom. The van der Waals surface area contributed by atoms with Crippen LogP contribution in [0.4, 0.5) is 5.82 Å². The van der Waals surface area contributed by atoms with Crippen molar-refractivity contribution in [3.63, 3.8) is 0 Å². The first-order valence-corrected chi connectivity index (χ1v) is 13.6. The maximum Gasteiger partial charge on any atom is 0.313 e. The molecule has 0 radical (unpaired) electrons. The van der Waals surface area contributed by atoms with Crippen LogP contribution in [-0.4, -0.2) is 54.7 Å². The quantitative estimate of drug-likeness (QED) is 0.430. The number of carbonyl (C=O) groups is 1. The van der Waals surface area contributed by atoms with Crippen molar-refractivity contribution in [3.8, 4) is 0 Å². The van der Waals surface area contributed by atoms with Crippen molar-refractivity contribution in [1.82, 2.24) is 19.3 Å². The molecule has 0 amide bonds. The first-order valence-electron chi connectivity index (χ1n) is 11.8. The molecule has 1 aromatic carbocycles. The lowest BCUT2D eigenvalue weighted by Crippen LogP contribution is -2.37. The lowest BCUT2D eigenvalue weighted by molar-refractivity contribution is -0.145. The molecule has 1 unspecified atom stereocenters. The highest BCUT2D eigenvalue weighted by molar-refractivity contribution is 7.89. The summed E-state index contributed by atoms with van der Waals surface area (Å²) in [6.07, 6.45) is 3.68. The van der Waals surface area contributed by atoms with Crippen LogP contribution in [0.3, 0.4) is 0 Å². The van der Waals surface area contributed by atoms with Crippen LogP contribution >= 0.6 is 11.6 Å². The van der Waals surface area contributed by atoms with Gasteiger partial charge in [-0.05, 0) is 51.0 Å². The third-order valence-corrected chi connectivity index (χ3v) is 7.96. The van der Waals surface area contributed by atoms with Gasteiger partial charge in [0.1, 0.15) is 5.82 Å². The maximum absolute atomic E-state index is 13.0. The van der Waals surface area contributed by atoms with E-state index < -0.39 is 15.9 Å². The van der Waals surface area contributed by atoms with Crippen LogP contribution in [0.25, 0.3) is 5.65 Å². The molecule has 9 nitrogen and oxygen atoms in total. The van der Waals surface area contributed by atoms with Crippen molar-refractivity contribution < 1.29 is 17.9 Å². The molecule has 0 saturated carbocycles. The number of nitrogens with one attached hydrogen (secondary N) is 1. The minimum atomic E-state index is -3.71. The number of esters is 1. The molecule has 35 heavy (non-hydrogen) atoms. The Bertz CT molecular complexity index is 1310. The van der Waals surface area contributed by atoms with Gasteiger partial charge in [-0.2, -0.15) is 9.61 Å². The normalized spacial score (nSPS) is 17.1. The Hall–Kier alpha value is -2.69. The number of hydrogen-bond acceptors (Lipinski definition) is 7. The second-order valence-electron chi connectivity index (χ2n) is 8.64. The first kappa shape index (κ1) is 25.4. The Kier molecular flexibility index (Phi) is 7.63.